The Hall–Kier alpha value is 0.430. The zero-order valence-corrected chi connectivity index (χ0v) is 11.1. The lowest BCUT2D eigenvalue weighted by Crippen LogP contribution is -2.15. The quantitative estimate of drug-likeness (QED) is 0.539. The molecule has 0 aromatic heterocycles. The number of rotatable bonds is 6. The van der Waals surface area contributed by atoms with Gasteiger partial charge in [-0.3, -0.25) is 0 Å². The van der Waals surface area contributed by atoms with E-state index in [1.54, 1.807) is 0 Å². The van der Waals surface area contributed by atoms with Crippen LogP contribution in [0.5, 0.6) is 0 Å². The van der Waals surface area contributed by atoms with Gasteiger partial charge in [0.25, 0.3) is 0 Å². The maximum absolute atomic E-state index is 2.42. The minimum absolute atomic E-state index is 0.287. The molecule has 0 saturated carbocycles. The molecule has 80 valence electrons. The highest BCUT2D eigenvalue weighted by atomic mass is 31.1. The van der Waals surface area contributed by atoms with Gasteiger partial charge in [0.15, 0.2) is 0 Å². The third kappa shape index (κ3) is 6.49. The normalized spacial score (nSPS) is 12.5. The van der Waals surface area contributed by atoms with Crippen LogP contribution in [-0.4, -0.2) is 17.5 Å². The molecule has 0 aliphatic rings. The Bertz CT molecular complexity index is 105. The summed E-state index contributed by atoms with van der Waals surface area (Å²) < 4.78 is 0. The van der Waals surface area contributed by atoms with Gasteiger partial charge >= 0.3 is 0 Å². The van der Waals surface area contributed by atoms with E-state index >= 15 is 0 Å². The number of unbranched alkanes of at least 4 members (excludes halogenated alkanes) is 2. The molecule has 0 nitrogen and oxygen atoms in total. The molecule has 0 aliphatic carbocycles. The molecular formula is C12H27P. The summed E-state index contributed by atoms with van der Waals surface area (Å²) >= 11 is 0. The molecule has 0 unspecified atom stereocenters. The van der Waals surface area contributed by atoms with E-state index in [9.17, 15) is 0 Å². The van der Waals surface area contributed by atoms with Crippen molar-refractivity contribution in [2.45, 2.75) is 65.5 Å². The molecule has 0 radical (unpaired) electrons. The fourth-order valence-corrected chi connectivity index (χ4v) is 4.44. The van der Waals surface area contributed by atoms with Crippen LogP contribution in [0.4, 0.5) is 0 Å². The molecular weight excluding hydrogens is 175 g/mol. The van der Waals surface area contributed by atoms with E-state index in [1.807, 2.05) is 0 Å². The second kappa shape index (κ2) is 6.82. The Kier molecular flexibility index (Phi) is 7.05. The first-order chi connectivity index (χ1) is 6.02. The maximum Gasteiger partial charge on any atom is -0.0179 e. The minimum Gasteiger partial charge on any atom is -0.101 e. The van der Waals surface area contributed by atoms with Gasteiger partial charge in [0.2, 0.25) is 0 Å². The highest BCUT2D eigenvalue weighted by Gasteiger charge is 2.22. The summed E-state index contributed by atoms with van der Waals surface area (Å²) in [6, 6.07) is 0. The monoisotopic (exact) mass is 202 g/mol. The summed E-state index contributed by atoms with van der Waals surface area (Å²) in [6.07, 6.45) is 8.59. The van der Waals surface area contributed by atoms with E-state index in [0.29, 0.717) is 5.16 Å². The van der Waals surface area contributed by atoms with Crippen LogP contribution >= 0.6 is 7.92 Å². The zero-order valence-electron chi connectivity index (χ0n) is 10.2. The van der Waals surface area contributed by atoms with Crippen molar-refractivity contribution in [3.8, 4) is 0 Å². The van der Waals surface area contributed by atoms with E-state index in [0.717, 1.165) is 0 Å². The molecule has 0 rings (SSSR count). The van der Waals surface area contributed by atoms with E-state index in [2.05, 4.69) is 34.6 Å². The van der Waals surface area contributed by atoms with Crippen LogP contribution in [0.25, 0.3) is 0 Å². The lowest BCUT2D eigenvalue weighted by atomic mass is 10.3. The molecule has 13 heavy (non-hydrogen) atoms. The second-order valence-corrected chi connectivity index (χ2v) is 8.18. The third-order valence-electron chi connectivity index (χ3n) is 2.51. The van der Waals surface area contributed by atoms with Gasteiger partial charge in [-0.2, -0.15) is 0 Å². The van der Waals surface area contributed by atoms with E-state index < -0.39 is 0 Å². The van der Waals surface area contributed by atoms with Crippen molar-refractivity contribution in [3.05, 3.63) is 0 Å². The molecule has 0 fully saturated rings. The van der Waals surface area contributed by atoms with Crippen molar-refractivity contribution in [2.24, 2.45) is 0 Å². The Labute approximate surface area is 86.3 Å². The fraction of sp³-hybridized carbons (Fsp3) is 1.00. The van der Waals surface area contributed by atoms with Crippen molar-refractivity contribution < 1.29 is 0 Å². The van der Waals surface area contributed by atoms with Crippen LogP contribution < -0.4 is 0 Å². The Morgan fingerprint density at radius 3 is 1.46 bits per heavy atom. The predicted octanol–water partition coefficient (Wildman–Crippen LogP) is 4.87. The lowest BCUT2D eigenvalue weighted by molar-refractivity contribution is 0.758. The predicted molar refractivity (Wildman–Crippen MR) is 66.2 cm³/mol. The molecule has 0 N–H and O–H groups in total. The first-order valence-electron chi connectivity index (χ1n) is 5.77. The molecule has 0 spiro atoms. The SMILES string of the molecule is CCCCP(CCCC)C(C)(C)C. The Morgan fingerprint density at radius 1 is 0.846 bits per heavy atom. The first kappa shape index (κ1) is 13.4. The van der Waals surface area contributed by atoms with Crippen LogP contribution in [0.15, 0.2) is 0 Å². The average molecular weight is 202 g/mol. The second-order valence-electron chi connectivity index (χ2n) is 4.86. The van der Waals surface area contributed by atoms with Crippen LogP contribution in [0.1, 0.15) is 60.3 Å². The van der Waals surface area contributed by atoms with Gasteiger partial charge in [-0.05, 0) is 30.3 Å². The molecule has 0 aromatic carbocycles. The van der Waals surface area contributed by atoms with Crippen LogP contribution in [0, 0.1) is 0 Å². The van der Waals surface area contributed by atoms with Gasteiger partial charge in [0, 0.05) is 0 Å². The van der Waals surface area contributed by atoms with Crippen LogP contribution in [0.2, 0.25) is 0 Å². The van der Waals surface area contributed by atoms with E-state index in [1.165, 1.54) is 38.0 Å². The maximum atomic E-state index is 2.42. The van der Waals surface area contributed by atoms with Crippen LogP contribution in [-0.2, 0) is 0 Å². The standard InChI is InChI=1S/C12H27P/c1-6-8-10-13(11-9-7-2)12(3,4)5/h6-11H2,1-5H3. The largest absolute Gasteiger partial charge is 0.101 e. The van der Waals surface area contributed by atoms with Gasteiger partial charge in [0.05, 0.1) is 0 Å². The summed E-state index contributed by atoms with van der Waals surface area (Å²) in [6.45, 7) is 11.9. The van der Waals surface area contributed by atoms with Crippen molar-refractivity contribution >= 4 is 7.92 Å². The highest BCUT2D eigenvalue weighted by Crippen LogP contribution is 2.50. The summed E-state index contributed by atoms with van der Waals surface area (Å²) in [7, 11) is 0.287. The molecule has 1 heteroatoms. The van der Waals surface area contributed by atoms with Crippen LogP contribution in [0.3, 0.4) is 0 Å². The molecule has 0 bridgehead atoms. The molecule has 0 saturated heterocycles. The molecule has 0 aromatic rings. The van der Waals surface area contributed by atoms with Crippen molar-refractivity contribution in [1.29, 1.82) is 0 Å². The first-order valence-corrected chi connectivity index (χ1v) is 7.48. The highest BCUT2D eigenvalue weighted by molar-refractivity contribution is 7.59. The van der Waals surface area contributed by atoms with E-state index in [4.69, 9.17) is 0 Å². The van der Waals surface area contributed by atoms with Crippen molar-refractivity contribution in [2.75, 3.05) is 12.3 Å². The molecule has 0 atom stereocenters. The van der Waals surface area contributed by atoms with Gasteiger partial charge in [-0.15, -0.1) is 7.92 Å². The molecule has 0 amide bonds. The topological polar surface area (TPSA) is 0 Å². The van der Waals surface area contributed by atoms with Gasteiger partial charge < -0.3 is 0 Å². The smallest absolute Gasteiger partial charge is 0.0179 e. The summed E-state index contributed by atoms with van der Waals surface area (Å²) in [5.74, 6) is 0. The Balaban J connectivity index is 3.88. The van der Waals surface area contributed by atoms with Crippen molar-refractivity contribution in [1.82, 2.24) is 0 Å². The zero-order chi connectivity index (χ0) is 10.3. The summed E-state index contributed by atoms with van der Waals surface area (Å²) in [5, 5.41) is 0.583. The third-order valence-corrected chi connectivity index (χ3v) is 6.12. The number of hydrogen-bond donors (Lipinski definition) is 0. The average Bonchev–Trinajstić information content (AvgIpc) is 2.02. The summed E-state index contributed by atoms with van der Waals surface area (Å²) in [4.78, 5) is 0. The van der Waals surface area contributed by atoms with Gasteiger partial charge in [-0.25, -0.2) is 0 Å². The van der Waals surface area contributed by atoms with Gasteiger partial charge in [0.1, 0.15) is 0 Å². The van der Waals surface area contributed by atoms with E-state index in [-0.39, 0.29) is 7.92 Å². The number of hydrogen-bond acceptors (Lipinski definition) is 0. The Morgan fingerprint density at radius 2 is 1.23 bits per heavy atom. The molecule has 0 heterocycles. The van der Waals surface area contributed by atoms with Gasteiger partial charge in [-0.1, -0.05) is 47.5 Å². The fourth-order valence-electron chi connectivity index (χ4n) is 1.48. The molecule has 0 aliphatic heterocycles. The lowest BCUT2D eigenvalue weighted by Gasteiger charge is -2.31. The minimum atomic E-state index is 0.287. The summed E-state index contributed by atoms with van der Waals surface area (Å²) in [5.41, 5.74) is 0. The van der Waals surface area contributed by atoms with Crippen molar-refractivity contribution in [3.63, 3.8) is 0 Å².